The Morgan fingerprint density at radius 3 is 2.53 bits per heavy atom. The van der Waals surface area contributed by atoms with Crippen LogP contribution in [0.5, 0.6) is 0 Å². The zero-order chi connectivity index (χ0) is 14.3. The van der Waals surface area contributed by atoms with Crippen LogP contribution in [0.3, 0.4) is 0 Å². The number of anilines is 1. The molecule has 0 radical (unpaired) electrons. The van der Waals surface area contributed by atoms with Gasteiger partial charge in [0.15, 0.2) is 0 Å². The van der Waals surface area contributed by atoms with Gasteiger partial charge < -0.3 is 10.6 Å². The highest BCUT2D eigenvalue weighted by Gasteiger charge is 2.14. The molecule has 0 saturated heterocycles. The number of carbonyl (C=O) groups is 2. The van der Waals surface area contributed by atoms with Gasteiger partial charge in [0.05, 0.1) is 6.54 Å². The third kappa shape index (κ3) is 5.07. The normalized spacial score (nSPS) is 10.3. The van der Waals surface area contributed by atoms with Crippen molar-refractivity contribution in [2.24, 2.45) is 5.92 Å². The van der Waals surface area contributed by atoms with Gasteiger partial charge in [0.1, 0.15) is 5.82 Å². The number of nitrogens with one attached hydrogen (secondary N) is 2. The van der Waals surface area contributed by atoms with Gasteiger partial charge in [-0.1, -0.05) is 19.9 Å². The summed E-state index contributed by atoms with van der Waals surface area (Å²) in [5, 5.41) is 5.09. The Kier molecular flexibility index (Phi) is 5.99. The third-order valence-corrected chi connectivity index (χ3v) is 2.89. The lowest BCUT2D eigenvalue weighted by atomic mass is 10.0. The van der Waals surface area contributed by atoms with Gasteiger partial charge >= 0.3 is 0 Å². The van der Waals surface area contributed by atoms with Gasteiger partial charge in [-0.15, -0.1) is 0 Å². The molecule has 0 bridgehead atoms. The predicted molar refractivity (Wildman–Crippen MR) is 72.1 cm³/mol. The lowest BCUT2D eigenvalue weighted by molar-refractivity contribution is -0.127. The Morgan fingerprint density at radius 2 is 1.95 bits per heavy atom. The van der Waals surface area contributed by atoms with E-state index in [4.69, 9.17) is 0 Å². The number of amides is 2. The van der Waals surface area contributed by atoms with Gasteiger partial charge in [-0.2, -0.15) is 0 Å². The molecule has 1 aromatic rings. The summed E-state index contributed by atoms with van der Waals surface area (Å²) in [6.07, 6.45) is 1.49. The average Bonchev–Trinajstić information content (AvgIpc) is 2.38. The number of benzene rings is 1. The van der Waals surface area contributed by atoms with Crippen molar-refractivity contribution >= 4 is 17.5 Å². The maximum Gasteiger partial charge on any atom is 0.243 e. The van der Waals surface area contributed by atoms with Crippen LogP contribution in [-0.2, 0) is 9.59 Å². The third-order valence-electron chi connectivity index (χ3n) is 2.89. The van der Waals surface area contributed by atoms with Gasteiger partial charge in [-0.25, -0.2) is 4.39 Å². The van der Waals surface area contributed by atoms with Crippen LogP contribution in [0.1, 0.15) is 26.7 Å². The molecule has 2 N–H and O–H groups in total. The van der Waals surface area contributed by atoms with Gasteiger partial charge in [-0.05, 0) is 31.0 Å². The minimum Gasteiger partial charge on any atom is -0.347 e. The highest BCUT2D eigenvalue weighted by atomic mass is 19.1. The molecule has 0 atom stereocenters. The second-order valence-corrected chi connectivity index (χ2v) is 4.29. The lowest BCUT2D eigenvalue weighted by Crippen LogP contribution is -2.36. The Hall–Kier alpha value is -1.91. The molecule has 19 heavy (non-hydrogen) atoms. The maximum absolute atomic E-state index is 12.9. The zero-order valence-corrected chi connectivity index (χ0v) is 11.2. The Morgan fingerprint density at radius 1 is 1.26 bits per heavy atom. The Labute approximate surface area is 112 Å². The molecule has 0 heterocycles. The van der Waals surface area contributed by atoms with Crippen molar-refractivity contribution in [3.05, 3.63) is 30.1 Å². The molecule has 0 aromatic heterocycles. The summed E-state index contributed by atoms with van der Waals surface area (Å²) in [6.45, 7) is 3.76. The monoisotopic (exact) mass is 266 g/mol. The van der Waals surface area contributed by atoms with Crippen LogP contribution < -0.4 is 10.6 Å². The van der Waals surface area contributed by atoms with Crippen LogP contribution >= 0.6 is 0 Å². The van der Waals surface area contributed by atoms with Crippen molar-refractivity contribution in [3.8, 4) is 0 Å². The quantitative estimate of drug-likeness (QED) is 0.830. The van der Waals surface area contributed by atoms with Crippen LogP contribution in [0.4, 0.5) is 10.1 Å². The van der Waals surface area contributed by atoms with Crippen molar-refractivity contribution in [2.45, 2.75) is 26.7 Å². The number of rotatable bonds is 6. The number of hydrogen-bond acceptors (Lipinski definition) is 2. The molecular weight excluding hydrogens is 247 g/mol. The van der Waals surface area contributed by atoms with Gasteiger partial charge in [0, 0.05) is 11.6 Å². The van der Waals surface area contributed by atoms with Crippen molar-refractivity contribution in [1.29, 1.82) is 0 Å². The SMILES string of the molecule is CCC(CC)C(=O)NCC(=O)Nc1cccc(F)c1. The van der Waals surface area contributed by atoms with E-state index in [1.807, 2.05) is 13.8 Å². The van der Waals surface area contributed by atoms with Gasteiger partial charge in [-0.3, -0.25) is 9.59 Å². The molecule has 1 rings (SSSR count). The van der Waals surface area contributed by atoms with E-state index in [-0.39, 0.29) is 24.3 Å². The first-order chi connectivity index (χ1) is 9.06. The predicted octanol–water partition coefficient (Wildman–Crippen LogP) is 2.32. The topological polar surface area (TPSA) is 58.2 Å². The van der Waals surface area contributed by atoms with Crippen LogP contribution in [0.2, 0.25) is 0 Å². The molecule has 104 valence electrons. The van der Waals surface area contributed by atoms with Crippen LogP contribution in [0.25, 0.3) is 0 Å². The first-order valence-corrected chi connectivity index (χ1v) is 6.40. The molecule has 5 heteroatoms. The van der Waals surface area contributed by atoms with Crippen LogP contribution in [0.15, 0.2) is 24.3 Å². The number of halogens is 1. The molecule has 0 aliphatic carbocycles. The first kappa shape index (κ1) is 15.1. The summed E-state index contributed by atoms with van der Waals surface area (Å²) in [5.41, 5.74) is 0.377. The summed E-state index contributed by atoms with van der Waals surface area (Å²) >= 11 is 0. The van der Waals surface area contributed by atoms with Crippen LogP contribution in [0, 0.1) is 11.7 Å². The molecular formula is C14H19FN2O2. The van der Waals surface area contributed by atoms with Crippen molar-refractivity contribution in [1.82, 2.24) is 5.32 Å². The van der Waals surface area contributed by atoms with E-state index < -0.39 is 5.82 Å². The molecule has 1 aromatic carbocycles. The average molecular weight is 266 g/mol. The molecule has 4 nitrogen and oxygen atoms in total. The van der Waals surface area contributed by atoms with Crippen molar-refractivity contribution in [3.63, 3.8) is 0 Å². The van der Waals surface area contributed by atoms with Crippen molar-refractivity contribution in [2.75, 3.05) is 11.9 Å². The fourth-order valence-electron chi connectivity index (χ4n) is 1.74. The second kappa shape index (κ2) is 7.51. The molecule has 0 unspecified atom stereocenters. The lowest BCUT2D eigenvalue weighted by Gasteiger charge is -2.12. The van der Waals surface area contributed by atoms with Gasteiger partial charge in [0.2, 0.25) is 11.8 Å². The standard InChI is InChI=1S/C14H19FN2O2/c1-3-10(4-2)14(19)16-9-13(18)17-12-7-5-6-11(15)8-12/h5-8,10H,3-4,9H2,1-2H3,(H,16,19)(H,17,18). The van der Waals surface area contributed by atoms with Crippen LogP contribution in [-0.4, -0.2) is 18.4 Å². The highest BCUT2D eigenvalue weighted by molar-refractivity contribution is 5.94. The fraction of sp³-hybridized carbons (Fsp3) is 0.429. The fourth-order valence-corrected chi connectivity index (χ4v) is 1.74. The highest BCUT2D eigenvalue weighted by Crippen LogP contribution is 2.09. The molecule has 0 spiro atoms. The van der Waals surface area contributed by atoms with E-state index in [9.17, 15) is 14.0 Å². The number of carbonyl (C=O) groups excluding carboxylic acids is 2. The number of hydrogen-bond donors (Lipinski definition) is 2. The van der Waals surface area contributed by atoms with E-state index >= 15 is 0 Å². The van der Waals surface area contributed by atoms with E-state index in [1.54, 1.807) is 6.07 Å². The minimum absolute atomic E-state index is 0.0676. The minimum atomic E-state index is -0.418. The largest absolute Gasteiger partial charge is 0.347 e. The molecule has 0 aliphatic rings. The molecule has 2 amide bonds. The van der Waals surface area contributed by atoms with Gasteiger partial charge in [0.25, 0.3) is 0 Å². The van der Waals surface area contributed by atoms with E-state index in [0.29, 0.717) is 5.69 Å². The van der Waals surface area contributed by atoms with Crippen molar-refractivity contribution < 1.29 is 14.0 Å². The zero-order valence-electron chi connectivity index (χ0n) is 11.2. The maximum atomic E-state index is 12.9. The summed E-state index contributed by atoms with van der Waals surface area (Å²) in [4.78, 5) is 23.2. The Balaban J connectivity index is 2.42. The Bertz CT molecular complexity index is 445. The summed E-state index contributed by atoms with van der Waals surface area (Å²) in [5.74, 6) is -0.981. The first-order valence-electron chi connectivity index (χ1n) is 6.40. The summed E-state index contributed by atoms with van der Waals surface area (Å²) < 4.78 is 12.9. The smallest absolute Gasteiger partial charge is 0.243 e. The summed E-state index contributed by atoms with van der Waals surface area (Å²) in [7, 11) is 0. The molecule has 0 saturated carbocycles. The van der Waals surface area contributed by atoms with E-state index in [0.717, 1.165) is 12.8 Å². The molecule has 0 fully saturated rings. The molecule has 0 aliphatic heterocycles. The second-order valence-electron chi connectivity index (χ2n) is 4.29. The van der Waals surface area contributed by atoms with E-state index in [1.165, 1.54) is 18.2 Å². The van der Waals surface area contributed by atoms with E-state index in [2.05, 4.69) is 10.6 Å². The summed E-state index contributed by atoms with van der Waals surface area (Å²) in [6, 6.07) is 5.61.